The number of allylic oxidation sites excluding steroid dienone is 8. The van der Waals surface area contributed by atoms with Crippen molar-refractivity contribution in [3.8, 4) is 0 Å². The fraction of sp³-hybridized carbons (Fsp3) is 0.200. The Kier molecular flexibility index (Phi) is 10.8. The van der Waals surface area contributed by atoms with E-state index in [4.69, 9.17) is 0 Å². The second-order valence-corrected chi connectivity index (χ2v) is 2.01. The van der Waals surface area contributed by atoms with Gasteiger partial charge in [0.25, 0.3) is 0 Å². The Morgan fingerprint density at radius 1 is 0.917 bits per heavy atom. The first-order chi connectivity index (χ1) is 6.00. The van der Waals surface area contributed by atoms with Crippen LogP contribution in [-0.2, 0) is 19.2 Å². The van der Waals surface area contributed by atoms with E-state index in [1.807, 2.05) is 51.1 Å². The third-order valence-corrected chi connectivity index (χ3v) is 1.17. The molecule has 0 heterocycles. The molecule has 0 spiro atoms. The Balaban J connectivity index is 0.000000168. The first-order valence-electron chi connectivity index (χ1n) is 3.79. The van der Waals surface area contributed by atoms with Gasteiger partial charge in [0.2, 0.25) is 0 Å². The molecule has 0 saturated carbocycles. The molecule has 0 unspecified atom stereocenters. The van der Waals surface area contributed by atoms with E-state index in [0.717, 1.165) is 12.8 Å². The molecule has 0 fully saturated rings. The minimum absolute atomic E-state index is 1.01. The zero-order valence-corrected chi connectivity index (χ0v) is 10.1. The van der Waals surface area contributed by atoms with Gasteiger partial charge < -0.3 is 0 Å². The second-order valence-electron chi connectivity index (χ2n) is 2.01. The Labute approximate surface area is 88.2 Å². The SMILES string of the molecule is [C-]1=CC=CC1.[C-]1=CC=CC1.[SiH2]=[Ti+2]. The molecule has 60 valence electrons. The second kappa shape index (κ2) is 10.9. The van der Waals surface area contributed by atoms with Crippen molar-refractivity contribution in [1.29, 1.82) is 0 Å². The van der Waals surface area contributed by atoms with Crippen LogP contribution in [-0.4, -0.2) is 7.63 Å². The monoisotopic (exact) mass is 208 g/mol. The Morgan fingerprint density at radius 3 is 1.42 bits per heavy atom. The van der Waals surface area contributed by atoms with E-state index >= 15 is 0 Å². The van der Waals surface area contributed by atoms with Gasteiger partial charge in [0, 0.05) is 0 Å². The summed E-state index contributed by atoms with van der Waals surface area (Å²) in [5.41, 5.74) is 0. The summed E-state index contributed by atoms with van der Waals surface area (Å²) < 4.78 is 0. The van der Waals surface area contributed by atoms with E-state index in [1.165, 1.54) is 0 Å². The van der Waals surface area contributed by atoms with E-state index in [9.17, 15) is 0 Å². The predicted octanol–water partition coefficient (Wildman–Crippen LogP) is 1.69. The van der Waals surface area contributed by atoms with Crippen molar-refractivity contribution in [3.05, 3.63) is 48.6 Å². The molecule has 2 aliphatic carbocycles. The molecule has 0 aromatic carbocycles. The van der Waals surface area contributed by atoms with Crippen LogP contribution < -0.4 is 0 Å². The molecular formula is C10H12SiTi. The van der Waals surface area contributed by atoms with Gasteiger partial charge in [-0.1, -0.05) is 0 Å². The van der Waals surface area contributed by atoms with Gasteiger partial charge in [-0.2, -0.15) is 12.2 Å². The van der Waals surface area contributed by atoms with Crippen molar-refractivity contribution < 1.29 is 19.2 Å². The summed E-state index contributed by atoms with van der Waals surface area (Å²) in [5, 5.41) is 0. The molecule has 2 heteroatoms. The van der Waals surface area contributed by atoms with E-state index in [1.54, 1.807) is 0 Å². The molecule has 0 nitrogen and oxygen atoms in total. The Hall–Kier alpha value is -0.109. The van der Waals surface area contributed by atoms with Crippen molar-refractivity contribution >= 4 is 7.63 Å². The molecule has 12 heavy (non-hydrogen) atoms. The molecule has 0 saturated heterocycles. The molecule has 0 radical (unpaired) electrons. The van der Waals surface area contributed by atoms with Crippen LogP contribution in [0.3, 0.4) is 0 Å². The van der Waals surface area contributed by atoms with Crippen LogP contribution in [0.25, 0.3) is 0 Å². The topological polar surface area (TPSA) is 0 Å². The Morgan fingerprint density at radius 2 is 1.33 bits per heavy atom. The van der Waals surface area contributed by atoms with Gasteiger partial charge >= 0.3 is 26.8 Å². The zero-order chi connectivity index (χ0) is 9.07. The average molecular weight is 208 g/mol. The van der Waals surface area contributed by atoms with Gasteiger partial charge in [0.15, 0.2) is 0 Å². The normalized spacial score (nSPS) is 15.2. The molecule has 0 aromatic rings. The van der Waals surface area contributed by atoms with Gasteiger partial charge in [0.05, 0.1) is 0 Å². The molecule has 0 N–H and O–H groups in total. The summed E-state index contributed by atoms with van der Waals surface area (Å²) in [7, 11) is 1.86. The first-order valence-corrected chi connectivity index (χ1v) is 7.81. The summed E-state index contributed by atoms with van der Waals surface area (Å²) in [6.07, 6.45) is 20.0. The fourth-order valence-corrected chi connectivity index (χ4v) is 0.680. The van der Waals surface area contributed by atoms with Crippen molar-refractivity contribution in [2.24, 2.45) is 0 Å². The van der Waals surface area contributed by atoms with Crippen LogP contribution in [0.2, 0.25) is 0 Å². The third-order valence-electron chi connectivity index (χ3n) is 1.17. The van der Waals surface area contributed by atoms with E-state index in [2.05, 4.69) is 24.3 Å². The van der Waals surface area contributed by atoms with Crippen LogP contribution in [0, 0.1) is 12.2 Å². The summed E-state index contributed by atoms with van der Waals surface area (Å²) in [4.78, 5) is 0. The standard InChI is InChI=1S/2C5H5.H2Si.Ti/c2*1-2-4-5-3-1;;/h2*1-3H,4H2;1H2;/q2*-1;;+2. The fourth-order valence-electron chi connectivity index (χ4n) is 0.680. The molecule has 0 aromatic heterocycles. The van der Waals surface area contributed by atoms with Gasteiger partial charge in [-0.15, -0.1) is 12.8 Å². The molecule has 0 aliphatic heterocycles. The molecule has 0 atom stereocenters. The van der Waals surface area contributed by atoms with Gasteiger partial charge in [-0.05, 0) is 0 Å². The third kappa shape index (κ3) is 7.99. The van der Waals surface area contributed by atoms with Crippen LogP contribution in [0.5, 0.6) is 0 Å². The number of rotatable bonds is 0. The van der Waals surface area contributed by atoms with E-state index in [0.29, 0.717) is 0 Å². The summed E-state index contributed by atoms with van der Waals surface area (Å²) >= 11 is 2.03. The van der Waals surface area contributed by atoms with Gasteiger partial charge in [-0.3, -0.25) is 12.2 Å². The van der Waals surface area contributed by atoms with Crippen LogP contribution in [0.1, 0.15) is 12.8 Å². The summed E-state index contributed by atoms with van der Waals surface area (Å²) in [6.45, 7) is 0. The van der Waals surface area contributed by atoms with Crippen molar-refractivity contribution in [1.82, 2.24) is 0 Å². The maximum atomic E-state index is 2.99. The van der Waals surface area contributed by atoms with Crippen LogP contribution >= 0.6 is 0 Å². The molecule has 0 amide bonds. The molecular weight excluding hydrogens is 196 g/mol. The zero-order valence-electron chi connectivity index (χ0n) is 7.09. The predicted molar refractivity (Wildman–Crippen MR) is 51.7 cm³/mol. The van der Waals surface area contributed by atoms with Crippen LogP contribution in [0.15, 0.2) is 36.5 Å². The Bertz CT molecular complexity index is 160. The summed E-state index contributed by atoms with van der Waals surface area (Å²) in [6, 6.07) is 0. The van der Waals surface area contributed by atoms with Crippen molar-refractivity contribution in [2.45, 2.75) is 12.8 Å². The summed E-state index contributed by atoms with van der Waals surface area (Å²) in [5.74, 6) is 0. The molecule has 2 aliphatic rings. The molecule has 2 rings (SSSR count). The quantitative estimate of drug-likeness (QED) is 0.420. The number of hydrogen-bond acceptors (Lipinski definition) is 0. The van der Waals surface area contributed by atoms with Gasteiger partial charge in [0.1, 0.15) is 0 Å². The average Bonchev–Trinajstić information content (AvgIpc) is 2.87. The van der Waals surface area contributed by atoms with Gasteiger partial charge in [-0.25, -0.2) is 24.3 Å². The number of hydrogen-bond donors (Lipinski definition) is 0. The van der Waals surface area contributed by atoms with E-state index < -0.39 is 0 Å². The van der Waals surface area contributed by atoms with Crippen molar-refractivity contribution in [2.75, 3.05) is 0 Å². The van der Waals surface area contributed by atoms with Crippen molar-refractivity contribution in [3.63, 3.8) is 0 Å². The minimum atomic E-state index is 1.01. The van der Waals surface area contributed by atoms with Crippen LogP contribution in [0.4, 0.5) is 0 Å². The first kappa shape index (κ1) is 11.9. The molecule has 0 bridgehead atoms. The maximum absolute atomic E-state index is 2.99. The van der Waals surface area contributed by atoms with E-state index in [-0.39, 0.29) is 0 Å².